The lowest BCUT2D eigenvalue weighted by atomic mass is 9.62. The van der Waals surface area contributed by atoms with Gasteiger partial charge in [0.1, 0.15) is 5.75 Å². The minimum Gasteiger partial charge on any atom is -0.494 e. The van der Waals surface area contributed by atoms with Crippen LogP contribution in [0.5, 0.6) is 5.75 Å². The molecule has 172 valence electrons. The van der Waals surface area contributed by atoms with Gasteiger partial charge in [-0.2, -0.15) is 0 Å². The van der Waals surface area contributed by atoms with E-state index in [1.165, 1.54) is 77.0 Å². The van der Waals surface area contributed by atoms with Gasteiger partial charge in [0.2, 0.25) is 0 Å². The van der Waals surface area contributed by atoms with E-state index in [0.29, 0.717) is 6.10 Å². The third-order valence-corrected chi connectivity index (χ3v) is 8.40. The van der Waals surface area contributed by atoms with Crippen molar-refractivity contribution in [3.63, 3.8) is 0 Å². The van der Waals surface area contributed by atoms with Crippen LogP contribution in [0.15, 0.2) is 30.4 Å². The molecule has 1 aromatic carbocycles. The summed E-state index contributed by atoms with van der Waals surface area (Å²) in [6.07, 6.45) is 20.7. The lowest BCUT2D eigenvalue weighted by molar-refractivity contribution is -0.0138. The second-order valence-corrected chi connectivity index (χ2v) is 10.4. The Hall–Kier alpha value is -1.28. The van der Waals surface area contributed by atoms with E-state index >= 15 is 0 Å². The van der Waals surface area contributed by atoms with Crippen LogP contribution in [0, 0.1) is 23.7 Å². The number of rotatable bonds is 9. The van der Waals surface area contributed by atoms with E-state index in [4.69, 9.17) is 9.47 Å². The molecule has 0 radical (unpaired) electrons. The zero-order chi connectivity index (χ0) is 21.5. The van der Waals surface area contributed by atoms with Gasteiger partial charge in [-0.1, -0.05) is 38.0 Å². The topological polar surface area (TPSA) is 18.5 Å². The molecule has 4 rings (SSSR count). The molecule has 2 heteroatoms. The number of unbranched alkanes of at least 4 members (excludes halogenated alkanes) is 2. The van der Waals surface area contributed by atoms with Crippen molar-refractivity contribution in [2.24, 2.45) is 23.7 Å². The fourth-order valence-electron chi connectivity index (χ4n) is 6.54. The molecule has 3 aliphatic rings. The average Bonchev–Trinajstić information content (AvgIpc) is 2.81. The fraction of sp³-hybridized carbons (Fsp3) is 0.724. The van der Waals surface area contributed by atoms with Gasteiger partial charge < -0.3 is 9.47 Å². The van der Waals surface area contributed by atoms with Crippen molar-refractivity contribution in [3.8, 4) is 5.75 Å². The maximum absolute atomic E-state index is 6.10. The molecular formula is C29H44O2. The first kappa shape index (κ1) is 22.9. The summed E-state index contributed by atoms with van der Waals surface area (Å²) in [7, 11) is 0. The molecule has 3 aliphatic carbocycles. The van der Waals surface area contributed by atoms with Crippen LogP contribution < -0.4 is 4.74 Å². The smallest absolute Gasteiger partial charge is 0.119 e. The molecule has 2 saturated carbocycles. The van der Waals surface area contributed by atoms with E-state index < -0.39 is 0 Å². The van der Waals surface area contributed by atoms with Crippen LogP contribution in [-0.4, -0.2) is 19.3 Å². The third kappa shape index (κ3) is 6.15. The average molecular weight is 425 g/mol. The Kier molecular flexibility index (Phi) is 8.53. The summed E-state index contributed by atoms with van der Waals surface area (Å²) < 4.78 is 12.1. The summed E-state index contributed by atoms with van der Waals surface area (Å²) >= 11 is 0. The van der Waals surface area contributed by atoms with Gasteiger partial charge in [-0.3, -0.25) is 0 Å². The Labute approximate surface area is 190 Å². The van der Waals surface area contributed by atoms with Crippen molar-refractivity contribution < 1.29 is 9.47 Å². The molecule has 5 unspecified atom stereocenters. The van der Waals surface area contributed by atoms with Gasteiger partial charge in [-0.15, -0.1) is 0 Å². The van der Waals surface area contributed by atoms with Gasteiger partial charge in [0.05, 0.1) is 19.3 Å². The molecule has 1 aromatic rings. The van der Waals surface area contributed by atoms with E-state index in [1.807, 2.05) is 0 Å². The second kappa shape index (κ2) is 11.5. The zero-order valence-corrected chi connectivity index (χ0v) is 20.0. The standard InChI is InChI=1S/C29H44O2/c1-3-5-7-17-31-29-15-13-25-19-23(9-11-27(25)21-29)22-8-10-26-20-28(30-16-6-4-2)14-12-24(26)18-22/h4,6,13,15,21-24,26,28H,3,5,7-12,14,16-20H2,1-2H3. The van der Waals surface area contributed by atoms with Crippen molar-refractivity contribution in [3.05, 3.63) is 41.5 Å². The molecule has 31 heavy (non-hydrogen) atoms. The minimum atomic E-state index is 0.508. The molecule has 0 heterocycles. The van der Waals surface area contributed by atoms with E-state index in [1.54, 1.807) is 11.1 Å². The molecule has 0 saturated heterocycles. The highest BCUT2D eigenvalue weighted by atomic mass is 16.5. The molecule has 0 spiro atoms. The Balaban J connectivity index is 1.26. The molecule has 5 atom stereocenters. The Bertz CT molecular complexity index is 709. The third-order valence-electron chi connectivity index (χ3n) is 8.40. The molecule has 2 nitrogen and oxygen atoms in total. The molecule has 0 amide bonds. The largest absolute Gasteiger partial charge is 0.494 e. The van der Waals surface area contributed by atoms with Crippen molar-refractivity contribution in [1.82, 2.24) is 0 Å². The Morgan fingerprint density at radius 3 is 2.55 bits per heavy atom. The molecule has 0 bridgehead atoms. The molecule has 0 aromatic heterocycles. The highest BCUT2D eigenvalue weighted by Gasteiger charge is 2.38. The predicted octanol–water partition coefficient (Wildman–Crippen LogP) is 7.54. The SMILES string of the molecule is CC=CCOC1CCC2CC(C3CCc4cc(OCCCCC)ccc4C3)CCC2C1. The zero-order valence-electron chi connectivity index (χ0n) is 20.0. The summed E-state index contributed by atoms with van der Waals surface area (Å²) in [5.74, 6) is 4.81. The molecule has 2 fully saturated rings. The monoisotopic (exact) mass is 424 g/mol. The van der Waals surface area contributed by atoms with Gasteiger partial charge in [0.25, 0.3) is 0 Å². The first-order chi connectivity index (χ1) is 15.3. The normalized spacial score (nSPS) is 30.7. The lowest BCUT2D eigenvalue weighted by Crippen LogP contribution is -2.37. The summed E-state index contributed by atoms with van der Waals surface area (Å²) in [6, 6.07) is 6.93. The highest BCUT2D eigenvalue weighted by molar-refractivity contribution is 5.37. The van der Waals surface area contributed by atoms with Gasteiger partial charge >= 0.3 is 0 Å². The number of ether oxygens (including phenoxy) is 2. The van der Waals surface area contributed by atoms with Crippen LogP contribution in [0.3, 0.4) is 0 Å². The quantitative estimate of drug-likeness (QED) is 0.301. The highest BCUT2D eigenvalue weighted by Crippen LogP contribution is 2.47. The maximum atomic E-state index is 6.10. The van der Waals surface area contributed by atoms with Gasteiger partial charge in [-0.05, 0) is 118 Å². The number of allylic oxidation sites excluding steroid dienone is 1. The van der Waals surface area contributed by atoms with Crippen LogP contribution in [0.25, 0.3) is 0 Å². The second-order valence-electron chi connectivity index (χ2n) is 10.4. The van der Waals surface area contributed by atoms with Gasteiger partial charge in [0.15, 0.2) is 0 Å². The fourth-order valence-corrected chi connectivity index (χ4v) is 6.54. The Morgan fingerprint density at radius 2 is 1.71 bits per heavy atom. The van der Waals surface area contributed by atoms with E-state index in [0.717, 1.165) is 42.6 Å². The van der Waals surface area contributed by atoms with Crippen molar-refractivity contribution >= 4 is 0 Å². The number of benzene rings is 1. The summed E-state index contributed by atoms with van der Waals surface area (Å²) in [5.41, 5.74) is 3.15. The Morgan fingerprint density at radius 1 is 0.903 bits per heavy atom. The van der Waals surface area contributed by atoms with Crippen LogP contribution in [0.2, 0.25) is 0 Å². The lowest BCUT2D eigenvalue weighted by Gasteiger charge is -2.44. The number of hydrogen-bond acceptors (Lipinski definition) is 2. The van der Waals surface area contributed by atoms with Crippen molar-refractivity contribution in [1.29, 1.82) is 0 Å². The van der Waals surface area contributed by atoms with Crippen LogP contribution in [0.1, 0.15) is 89.2 Å². The van der Waals surface area contributed by atoms with Gasteiger partial charge in [0, 0.05) is 0 Å². The van der Waals surface area contributed by atoms with Crippen LogP contribution in [-0.2, 0) is 17.6 Å². The molecule has 0 aliphatic heterocycles. The minimum absolute atomic E-state index is 0.508. The van der Waals surface area contributed by atoms with Crippen molar-refractivity contribution in [2.45, 2.75) is 97.0 Å². The first-order valence-corrected chi connectivity index (χ1v) is 13.2. The van der Waals surface area contributed by atoms with Crippen molar-refractivity contribution in [2.75, 3.05) is 13.2 Å². The number of fused-ring (bicyclic) bond motifs is 2. The van der Waals surface area contributed by atoms with Crippen LogP contribution in [0.4, 0.5) is 0 Å². The summed E-state index contributed by atoms with van der Waals surface area (Å²) in [5, 5.41) is 0. The number of aryl methyl sites for hydroxylation is 1. The van der Waals surface area contributed by atoms with Crippen LogP contribution >= 0.6 is 0 Å². The van der Waals surface area contributed by atoms with Gasteiger partial charge in [-0.25, -0.2) is 0 Å². The van der Waals surface area contributed by atoms with E-state index in [2.05, 4.69) is 44.2 Å². The predicted molar refractivity (Wildman–Crippen MR) is 130 cm³/mol. The summed E-state index contributed by atoms with van der Waals surface area (Å²) in [6.45, 7) is 5.98. The molecular weight excluding hydrogens is 380 g/mol. The first-order valence-electron chi connectivity index (χ1n) is 13.2. The maximum Gasteiger partial charge on any atom is 0.119 e. The van der Waals surface area contributed by atoms with E-state index in [9.17, 15) is 0 Å². The number of hydrogen-bond donors (Lipinski definition) is 0. The van der Waals surface area contributed by atoms with E-state index in [-0.39, 0.29) is 0 Å². The summed E-state index contributed by atoms with van der Waals surface area (Å²) in [4.78, 5) is 0. The molecule has 0 N–H and O–H groups in total.